The van der Waals surface area contributed by atoms with Crippen LogP contribution in [0.3, 0.4) is 0 Å². The molecule has 0 unspecified atom stereocenters. The van der Waals surface area contributed by atoms with Crippen molar-refractivity contribution >= 4 is 33.7 Å². The largest absolute Gasteiger partial charge is 0.468 e. The van der Waals surface area contributed by atoms with Crippen molar-refractivity contribution in [2.75, 3.05) is 13.7 Å². The van der Waals surface area contributed by atoms with E-state index in [0.29, 0.717) is 17.9 Å². The summed E-state index contributed by atoms with van der Waals surface area (Å²) < 4.78 is 6.79. The molecule has 0 saturated heterocycles. The van der Waals surface area contributed by atoms with Gasteiger partial charge in [-0.25, -0.2) is 0 Å². The molecule has 9 nitrogen and oxygen atoms in total. The predicted molar refractivity (Wildman–Crippen MR) is 123 cm³/mol. The molecular weight excluding hydrogens is 420 g/mol. The minimum atomic E-state index is -0.492. The van der Waals surface area contributed by atoms with Crippen molar-refractivity contribution in [1.29, 1.82) is 0 Å². The molecule has 5 aromatic rings. The summed E-state index contributed by atoms with van der Waals surface area (Å²) in [6, 6.07) is 21.7. The molecule has 9 heteroatoms. The zero-order chi connectivity index (χ0) is 22.8. The van der Waals surface area contributed by atoms with Gasteiger partial charge >= 0.3 is 5.97 Å². The van der Waals surface area contributed by atoms with E-state index < -0.39 is 5.97 Å². The molecule has 0 atom stereocenters. The van der Waals surface area contributed by atoms with Crippen LogP contribution in [0.2, 0.25) is 0 Å². The maximum Gasteiger partial charge on any atom is 0.325 e. The molecule has 0 bridgehead atoms. The van der Waals surface area contributed by atoms with Crippen LogP contribution in [-0.2, 0) is 16.1 Å². The summed E-state index contributed by atoms with van der Waals surface area (Å²) in [5.41, 5.74) is 4.61. The van der Waals surface area contributed by atoms with Gasteiger partial charge in [0.15, 0.2) is 0 Å². The van der Waals surface area contributed by atoms with Crippen molar-refractivity contribution in [2.45, 2.75) is 6.54 Å². The molecule has 0 spiro atoms. The summed E-state index contributed by atoms with van der Waals surface area (Å²) in [5.74, 6) is -0.263. The Morgan fingerprint density at radius 1 is 1.00 bits per heavy atom. The number of benzene rings is 3. The molecule has 164 valence electrons. The number of amides is 1. The van der Waals surface area contributed by atoms with Gasteiger partial charge in [-0.15, -0.1) is 10.2 Å². The lowest BCUT2D eigenvalue weighted by Gasteiger charge is -2.09. The number of esters is 1. The maximum absolute atomic E-state index is 12.2. The zero-order valence-electron chi connectivity index (χ0n) is 17.8. The van der Waals surface area contributed by atoms with Crippen LogP contribution in [-0.4, -0.2) is 50.7 Å². The summed E-state index contributed by atoms with van der Waals surface area (Å²) in [6.07, 6.45) is 0. The van der Waals surface area contributed by atoms with E-state index in [4.69, 9.17) is 0 Å². The minimum Gasteiger partial charge on any atom is -0.468 e. The molecule has 1 amide bonds. The van der Waals surface area contributed by atoms with Crippen molar-refractivity contribution in [2.24, 2.45) is 0 Å². The van der Waals surface area contributed by atoms with E-state index in [1.807, 2.05) is 30.3 Å². The average Bonchev–Trinajstić information content (AvgIpc) is 3.50. The Balaban J connectivity index is 1.46. The number of tetrazole rings is 1. The highest BCUT2D eigenvalue weighted by atomic mass is 16.5. The van der Waals surface area contributed by atoms with Crippen LogP contribution < -0.4 is 5.32 Å². The van der Waals surface area contributed by atoms with Crippen molar-refractivity contribution in [1.82, 2.24) is 30.5 Å². The summed E-state index contributed by atoms with van der Waals surface area (Å²) >= 11 is 0. The van der Waals surface area contributed by atoms with Crippen LogP contribution in [0.15, 0.2) is 66.7 Å². The number of ether oxygens (including phenoxy) is 1. The van der Waals surface area contributed by atoms with Crippen LogP contribution in [0, 0.1) is 0 Å². The molecule has 0 radical (unpaired) electrons. The number of rotatable bonds is 6. The number of carbonyl (C=O) groups is 2. The quantitative estimate of drug-likeness (QED) is 0.393. The summed E-state index contributed by atoms with van der Waals surface area (Å²) in [7, 11) is 1.28. The number of hydrogen-bond donors (Lipinski definition) is 2. The molecule has 5 rings (SSSR count). The highest BCUT2D eigenvalue weighted by Gasteiger charge is 2.14. The first kappa shape index (κ1) is 20.4. The highest BCUT2D eigenvalue weighted by molar-refractivity contribution is 6.09. The first-order valence-corrected chi connectivity index (χ1v) is 10.3. The van der Waals surface area contributed by atoms with Crippen LogP contribution in [0.25, 0.3) is 33.2 Å². The monoisotopic (exact) mass is 440 g/mol. The molecule has 2 aromatic heterocycles. The van der Waals surface area contributed by atoms with Crippen LogP contribution >= 0.6 is 0 Å². The van der Waals surface area contributed by atoms with Gasteiger partial charge in [-0.2, -0.15) is 5.21 Å². The second-order valence-corrected chi connectivity index (χ2v) is 7.53. The molecule has 0 fully saturated rings. The normalized spacial score (nSPS) is 11.1. The van der Waals surface area contributed by atoms with Crippen LogP contribution in [0.1, 0.15) is 15.9 Å². The number of aromatic nitrogens is 5. The van der Waals surface area contributed by atoms with Crippen molar-refractivity contribution in [3.05, 3.63) is 77.9 Å². The number of aromatic amines is 1. The van der Waals surface area contributed by atoms with Crippen molar-refractivity contribution < 1.29 is 14.3 Å². The van der Waals surface area contributed by atoms with E-state index in [9.17, 15) is 9.59 Å². The molecule has 0 aliphatic heterocycles. The molecule has 33 heavy (non-hydrogen) atoms. The maximum atomic E-state index is 12.2. The van der Waals surface area contributed by atoms with Gasteiger partial charge < -0.3 is 14.6 Å². The Labute approximate surface area is 188 Å². The van der Waals surface area contributed by atoms with Crippen molar-refractivity contribution in [3.8, 4) is 11.4 Å². The first-order chi connectivity index (χ1) is 16.1. The van der Waals surface area contributed by atoms with Gasteiger partial charge in [0.1, 0.15) is 6.54 Å². The Morgan fingerprint density at radius 3 is 2.55 bits per heavy atom. The summed E-state index contributed by atoms with van der Waals surface area (Å²) in [6.45, 7) is 0.472. The number of nitrogens with zero attached hydrogens (tertiary/aromatic N) is 4. The van der Waals surface area contributed by atoms with E-state index in [1.54, 1.807) is 12.1 Å². The predicted octanol–water partition coefficient (Wildman–Crippen LogP) is 2.93. The van der Waals surface area contributed by atoms with Gasteiger partial charge in [0.25, 0.3) is 5.91 Å². The molecular formula is C24H20N6O3. The van der Waals surface area contributed by atoms with Crippen LogP contribution in [0.4, 0.5) is 0 Å². The highest BCUT2D eigenvalue weighted by Crippen LogP contribution is 2.32. The standard InChI is InChI=1S/C24H20N6O3/c1-33-22(31)13-25-24(32)16-8-6-15(7-9-16)14-30-20-5-3-2-4-18(20)19-12-17(10-11-21(19)30)23-26-28-29-27-23/h2-12H,13-14H2,1H3,(H,25,32)(H,26,27,28,29). The van der Waals surface area contributed by atoms with E-state index in [0.717, 1.165) is 32.9 Å². The molecule has 3 aromatic carbocycles. The van der Waals surface area contributed by atoms with Crippen molar-refractivity contribution in [3.63, 3.8) is 0 Å². The SMILES string of the molecule is COC(=O)CNC(=O)c1ccc(Cn2c3ccccc3c3cc(-c4nn[nH]n4)ccc32)cc1. The van der Waals surface area contributed by atoms with E-state index >= 15 is 0 Å². The zero-order valence-corrected chi connectivity index (χ0v) is 17.8. The molecule has 0 aliphatic rings. The number of hydrogen-bond acceptors (Lipinski definition) is 6. The molecule has 2 heterocycles. The lowest BCUT2D eigenvalue weighted by Crippen LogP contribution is -2.30. The lowest BCUT2D eigenvalue weighted by atomic mass is 10.1. The van der Waals surface area contributed by atoms with E-state index in [-0.39, 0.29) is 12.5 Å². The Hall–Kier alpha value is -4.53. The second kappa shape index (κ2) is 8.54. The smallest absolute Gasteiger partial charge is 0.325 e. The third-order valence-electron chi connectivity index (χ3n) is 5.55. The fourth-order valence-corrected chi connectivity index (χ4v) is 3.92. The third kappa shape index (κ3) is 3.91. The fraction of sp³-hybridized carbons (Fsp3) is 0.125. The van der Waals surface area contributed by atoms with Gasteiger partial charge in [0, 0.05) is 39.5 Å². The molecule has 2 N–H and O–H groups in total. The van der Waals surface area contributed by atoms with E-state index in [2.05, 4.69) is 59.5 Å². The fourth-order valence-electron chi connectivity index (χ4n) is 3.92. The summed E-state index contributed by atoms with van der Waals surface area (Å²) in [4.78, 5) is 23.5. The average molecular weight is 440 g/mol. The van der Waals surface area contributed by atoms with Gasteiger partial charge in [-0.3, -0.25) is 9.59 Å². The first-order valence-electron chi connectivity index (χ1n) is 10.3. The Bertz CT molecular complexity index is 1460. The number of nitrogens with one attached hydrogen (secondary N) is 2. The molecule has 0 aliphatic carbocycles. The van der Waals surface area contributed by atoms with Gasteiger partial charge in [0.05, 0.1) is 7.11 Å². The molecule has 0 saturated carbocycles. The third-order valence-corrected chi connectivity index (χ3v) is 5.55. The van der Waals surface area contributed by atoms with E-state index in [1.165, 1.54) is 7.11 Å². The lowest BCUT2D eigenvalue weighted by molar-refractivity contribution is -0.139. The second-order valence-electron chi connectivity index (χ2n) is 7.53. The number of para-hydroxylation sites is 1. The topological polar surface area (TPSA) is 115 Å². The van der Waals surface area contributed by atoms with Crippen LogP contribution in [0.5, 0.6) is 0 Å². The number of methoxy groups -OCH3 is 1. The number of H-pyrrole nitrogens is 1. The number of carbonyl (C=O) groups excluding carboxylic acids is 2. The minimum absolute atomic E-state index is 0.162. The Morgan fingerprint density at radius 2 is 1.79 bits per heavy atom. The summed E-state index contributed by atoms with van der Waals surface area (Å²) in [5, 5.41) is 19.1. The number of fused-ring (bicyclic) bond motifs is 3. The Kier molecular flexibility index (Phi) is 5.27. The van der Waals surface area contributed by atoms with Gasteiger partial charge in [0.2, 0.25) is 5.82 Å². The van der Waals surface area contributed by atoms with Gasteiger partial charge in [-0.05, 0) is 47.2 Å². The van der Waals surface area contributed by atoms with Gasteiger partial charge in [-0.1, -0.05) is 30.3 Å².